The molecule has 1 heterocycles. The number of aryl methyl sites for hydroxylation is 1. The summed E-state index contributed by atoms with van der Waals surface area (Å²) in [5.41, 5.74) is 1.56. The predicted octanol–water partition coefficient (Wildman–Crippen LogP) is 2.38. The van der Waals surface area contributed by atoms with Gasteiger partial charge in [-0.25, -0.2) is 0 Å². The van der Waals surface area contributed by atoms with Crippen LogP contribution in [0, 0.1) is 30.6 Å². The number of anilines is 1. The van der Waals surface area contributed by atoms with Crippen molar-refractivity contribution in [1.82, 2.24) is 0 Å². The van der Waals surface area contributed by atoms with Gasteiger partial charge < -0.3 is 19.6 Å². The van der Waals surface area contributed by atoms with Gasteiger partial charge in [-0.3, -0.25) is 4.79 Å². The minimum absolute atomic E-state index is 0.0155. The van der Waals surface area contributed by atoms with Crippen LogP contribution in [-0.4, -0.2) is 11.9 Å². The summed E-state index contributed by atoms with van der Waals surface area (Å²) in [4.78, 5) is 24.0. The van der Waals surface area contributed by atoms with Gasteiger partial charge in [-0.05, 0) is 61.6 Å². The van der Waals surface area contributed by atoms with Gasteiger partial charge >= 0.3 is 0 Å². The molecule has 2 bridgehead atoms. The Labute approximate surface area is 145 Å². The highest BCUT2D eigenvalue weighted by molar-refractivity contribution is 5.96. The lowest BCUT2D eigenvalue weighted by molar-refractivity contribution is -0.313. The minimum atomic E-state index is -1.14. The topological polar surface area (TPSA) is 82.4 Å². The van der Waals surface area contributed by atoms with Gasteiger partial charge in [-0.2, -0.15) is 0 Å². The summed E-state index contributed by atoms with van der Waals surface area (Å²) in [6.07, 6.45) is 4.57. The Morgan fingerprint density at radius 1 is 1.04 bits per heavy atom. The number of amides is 1. The molecule has 0 spiro atoms. The van der Waals surface area contributed by atoms with Crippen molar-refractivity contribution >= 4 is 17.6 Å². The Bertz CT molecular complexity index is 849. The fourth-order valence-electron chi connectivity index (χ4n) is 4.03. The van der Waals surface area contributed by atoms with E-state index in [9.17, 15) is 14.7 Å². The lowest BCUT2D eigenvalue weighted by atomic mass is 9.82. The van der Waals surface area contributed by atoms with E-state index in [4.69, 9.17) is 4.42 Å². The van der Waals surface area contributed by atoms with Crippen LogP contribution < -0.4 is 10.4 Å². The monoisotopic (exact) mass is 336 g/mol. The Morgan fingerprint density at radius 3 is 2.32 bits per heavy atom. The number of fused-ring (bicyclic) bond motifs is 2. The molecular formula is C20H18NO4-. The van der Waals surface area contributed by atoms with Crippen molar-refractivity contribution in [3.05, 3.63) is 54.3 Å². The first-order valence-electron chi connectivity index (χ1n) is 8.40. The lowest BCUT2D eigenvalue weighted by Gasteiger charge is -2.27. The van der Waals surface area contributed by atoms with Crippen molar-refractivity contribution in [3.8, 4) is 11.3 Å². The van der Waals surface area contributed by atoms with E-state index in [1.165, 1.54) is 0 Å². The van der Waals surface area contributed by atoms with E-state index in [1.807, 2.05) is 43.3 Å². The normalized spacial score (nSPS) is 26.8. The Morgan fingerprint density at radius 2 is 1.72 bits per heavy atom. The van der Waals surface area contributed by atoms with E-state index >= 15 is 0 Å². The highest BCUT2D eigenvalue weighted by atomic mass is 16.4. The number of carboxylic acid groups (broad SMARTS) is 1. The predicted molar refractivity (Wildman–Crippen MR) is 90.2 cm³/mol. The number of furan rings is 1. The highest BCUT2D eigenvalue weighted by Gasteiger charge is 2.48. The number of rotatable bonds is 4. The van der Waals surface area contributed by atoms with Crippen molar-refractivity contribution in [3.63, 3.8) is 0 Å². The summed E-state index contributed by atoms with van der Waals surface area (Å²) < 4.78 is 5.58. The Hall–Kier alpha value is -2.82. The standard InChI is InChI=1S/C20H19NO4/c1-11-2-9-16(25-11)12-5-7-15(8-6-12)21-19(22)17-13-3-4-14(10-13)18(17)20(23)24/h2-9,13-14,17-18H,10H2,1H3,(H,21,22)(H,23,24)/p-1/t13-,14-,17+,18-/m1/s1. The molecule has 128 valence electrons. The first-order chi connectivity index (χ1) is 12.0. The summed E-state index contributed by atoms with van der Waals surface area (Å²) in [6, 6.07) is 11.1. The van der Waals surface area contributed by atoms with Gasteiger partial charge in [-0.15, -0.1) is 0 Å². The molecule has 1 aromatic heterocycles. The molecule has 5 heteroatoms. The molecular weight excluding hydrogens is 318 g/mol. The number of carboxylic acids is 1. The number of hydrogen-bond acceptors (Lipinski definition) is 4. The molecule has 1 amide bonds. The maximum Gasteiger partial charge on any atom is 0.228 e. The van der Waals surface area contributed by atoms with Gasteiger partial charge in [0, 0.05) is 23.1 Å². The number of aliphatic carboxylic acids is 1. The maximum atomic E-state index is 12.6. The molecule has 1 N–H and O–H groups in total. The van der Waals surface area contributed by atoms with E-state index in [1.54, 1.807) is 12.1 Å². The number of allylic oxidation sites excluding steroid dienone is 2. The van der Waals surface area contributed by atoms with Gasteiger partial charge in [0.15, 0.2) is 0 Å². The first kappa shape index (κ1) is 15.7. The van der Waals surface area contributed by atoms with Crippen LogP contribution in [-0.2, 0) is 9.59 Å². The molecule has 25 heavy (non-hydrogen) atoms. The summed E-state index contributed by atoms with van der Waals surface area (Å²) in [5.74, 6) is -1.19. The summed E-state index contributed by atoms with van der Waals surface area (Å²) in [7, 11) is 0. The molecule has 4 atom stereocenters. The number of hydrogen-bond donors (Lipinski definition) is 1. The molecule has 0 aliphatic heterocycles. The third kappa shape index (κ3) is 2.76. The zero-order valence-corrected chi connectivity index (χ0v) is 13.8. The van der Waals surface area contributed by atoms with Gasteiger partial charge in [0.05, 0.1) is 5.92 Å². The second-order valence-electron chi connectivity index (χ2n) is 6.80. The molecule has 0 radical (unpaired) electrons. The zero-order valence-electron chi connectivity index (χ0n) is 13.8. The molecule has 1 saturated carbocycles. The van der Waals surface area contributed by atoms with Crippen molar-refractivity contribution in [2.24, 2.45) is 23.7 Å². The van der Waals surface area contributed by atoms with Crippen LogP contribution in [0.5, 0.6) is 0 Å². The van der Waals surface area contributed by atoms with E-state index in [-0.39, 0.29) is 17.7 Å². The summed E-state index contributed by atoms with van der Waals surface area (Å²) >= 11 is 0. The third-order valence-corrected chi connectivity index (χ3v) is 5.21. The molecule has 0 saturated heterocycles. The molecule has 2 aromatic rings. The van der Waals surface area contributed by atoms with E-state index in [0.717, 1.165) is 17.1 Å². The van der Waals surface area contributed by atoms with Crippen LogP contribution in [0.15, 0.2) is 53.0 Å². The molecule has 2 aliphatic rings. The molecule has 1 fully saturated rings. The van der Waals surface area contributed by atoms with E-state index in [0.29, 0.717) is 12.1 Å². The van der Waals surface area contributed by atoms with Crippen molar-refractivity contribution in [1.29, 1.82) is 0 Å². The second kappa shape index (κ2) is 5.92. The molecule has 1 aromatic carbocycles. The fourth-order valence-corrected chi connectivity index (χ4v) is 4.03. The van der Waals surface area contributed by atoms with Crippen molar-refractivity contribution < 1.29 is 19.1 Å². The summed E-state index contributed by atoms with van der Waals surface area (Å²) in [5, 5.41) is 14.3. The number of carbonyl (C=O) groups excluding carboxylic acids is 2. The largest absolute Gasteiger partial charge is 0.550 e. The quantitative estimate of drug-likeness (QED) is 0.869. The van der Waals surface area contributed by atoms with Crippen LogP contribution in [0.2, 0.25) is 0 Å². The first-order valence-corrected chi connectivity index (χ1v) is 8.40. The number of nitrogens with one attached hydrogen (secondary N) is 1. The Balaban J connectivity index is 1.49. The highest BCUT2D eigenvalue weighted by Crippen LogP contribution is 2.48. The smallest absolute Gasteiger partial charge is 0.228 e. The Kier molecular flexibility index (Phi) is 3.71. The SMILES string of the molecule is Cc1ccc(-c2ccc(NC(=O)[C@@H]3[C@H](C(=O)[O-])[C@@H]4C=C[C@@H]3C4)cc2)o1. The molecule has 0 unspecified atom stereocenters. The third-order valence-electron chi connectivity index (χ3n) is 5.21. The zero-order chi connectivity index (χ0) is 17.6. The molecule has 2 aliphatic carbocycles. The van der Waals surface area contributed by atoms with Gasteiger partial charge in [0.25, 0.3) is 0 Å². The molecule has 5 nitrogen and oxygen atoms in total. The maximum absolute atomic E-state index is 12.6. The van der Waals surface area contributed by atoms with Crippen LogP contribution in [0.1, 0.15) is 12.2 Å². The second-order valence-corrected chi connectivity index (χ2v) is 6.80. The van der Waals surface area contributed by atoms with Crippen molar-refractivity contribution in [2.75, 3.05) is 5.32 Å². The van der Waals surface area contributed by atoms with Crippen LogP contribution in [0.25, 0.3) is 11.3 Å². The van der Waals surface area contributed by atoms with Crippen LogP contribution >= 0.6 is 0 Å². The van der Waals surface area contributed by atoms with E-state index < -0.39 is 17.8 Å². The lowest BCUT2D eigenvalue weighted by Crippen LogP contribution is -2.42. The van der Waals surface area contributed by atoms with Crippen LogP contribution in [0.3, 0.4) is 0 Å². The van der Waals surface area contributed by atoms with Crippen LogP contribution in [0.4, 0.5) is 5.69 Å². The van der Waals surface area contributed by atoms with Crippen molar-refractivity contribution in [2.45, 2.75) is 13.3 Å². The van der Waals surface area contributed by atoms with Gasteiger partial charge in [0.2, 0.25) is 5.91 Å². The van der Waals surface area contributed by atoms with Gasteiger partial charge in [0.1, 0.15) is 11.5 Å². The average molecular weight is 336 g/mol. The average Bonchev–Trinajstić information content (AvgIpc) is 3.30. The van der Waals surface area contributed by atoms with Gasteiger partial charge in [-0.1, -0.05) is 12.2 Å². The van der Waals surface area contributed by atoms with E-state index in [2.05, 4.69) is 5.32 Å². The minimum Gasteiger partial charge on any atom is -0.550 e. The number of benzene rings is 1. The molecule has 4 rings (SSSR count). The summed E-state index contributed by atoms with van der Waals surface area (Å²) in [6.45, 7) is 1.88. The fraction of sp³-hybridized carbons (Fsp3) is 0.300. The number of carbonyl (C=O) groups is 2.